The van der Waals surface area contributed by atoms with E-state index < -0.39 is 0 Å². The predicted molar refractivity (Wildman–Crippen MR) is 112 cm³/mol. The van der Waals surface area contributed by atoms with Gasteiger partial charge in [0.1, 0.15) is 11.9 Å². The normalized spacial score (nSPS) is 11.1. The van der Waals surface area contributed by atoms with E-state index >= 15 is 0 Å². The molecular weight excluding hydrogens is 364 g/mol. The van der Waals surface area contributed by atoms with E-state index in [9.17, 15) is 4.79 Å². The summed E-state index contributed by atoms with van der Waals surface area (Å²) >= 11 is 0. The summed E-state index contributed by atoms with van der Waals surface area (Å²) in [6, 6.07) is 22.4. The summed E-state index contributed by atoms with van der Waals surface area (Å²) in [6.45, 7) is 2.00. The molecule has 0 aliphatic carbocycles. The fourth-order valence-electron chi connectivity index (χ4n) is 3.27. The Morgan fingerprint density at radius 3 is 2.38 bits per heavy atom. The van der Waals surface area contributed by atoms with Crippen LogP contribution >= 0.6 is 0 Å². The first-order chi connectivity index (χ1) is 14.2. The van der Waals surface area contributed by atoms with E-state index in [1.165, 1.54) is 6.33 Å². The van der Waals surface area contributed by atoms with E-state index in [0.717, 1.165) is 22.0 Å². The molecule has 0 saturated carbocycles. The van der Waals surface area contributed by atoms with Gasteiger partial charge in [-0.1, -0.05) is 54.1 Å². The van der Waals surface area contributed by atoms with Crippen LogP contribution in [0.5, 0.6) is 11.6 Å². The lowest BCUT2D eigenvalue weighted by atomic mass is 10.1. The van der Waals surface area contributed by atoms with Gasteiger partial charge in [0, 0.05) is 5.56 Å². The average molecular weight is 380 g/mol. The molecule has 2 aromatic heterocycles. The molecule has 0 fully saturated rings. The number of nitrogens with zero attached hydrogens (tertiary/aromatic N) is 2. The molecule has 29 heavy (non-hydrogen) atoms. The van der Waals surface area contributed by atoms with Gasteiger partial charge in [0.05, 0.1) is 16.3 Å². The fraction of sp³-hybridized carbons (Fsp3) is 0.0417. The minimum Gasteiger partial charge on any atom is -0.452 e. The van der Waals surface area contributed by atoms with Crippen LogP contribution in [0, 0.1) is 6.92 Å². The van der Waals surface area contributed by atoms with Crippen molar-refractivity contribution < 1.29 is 9.15 Å². The van der Waals surface area contributed by atoms with Gasteiger partial charge in [0.15, 0.2) is 5.76 Å². The first-order valence-corrected chi connectivity index (χ1v) is 9.21. The lowest BCUT2D eigenvalue weighted by molar-refractivity contribution is 0.446. The first-order valence-electron chi connectivity index (χ1n) is 9.21. The maximum absolute atomic E-state index is 13.3. The molecule has 0 bridgehead atoms. The molecule has 2 heterocycles. The second-order valence-electron chi connectivity index (χ2n) is 6.75. The molecule has 140 valence electrons. The zero-order valence-corrected chi connectivity index (χ0v) is 15.6. The van der Waals surface area contributed by atoms with Gasteiger partial charge in [-0.05, 0) is 31.2 Å². The van der Waals surface area contributed by atoms with Gasteiger partial charge in [-0.25, -0.2) is 9.97 Å². The molecule has 5 nitrogen and oxygen atoms in total. The standard InChI is InChI=1S/C24H16N2O3/c1-15-10-12-16(13-11-15)22-23(21(27)18-7-3-5-9-20(18)28-22)29-24-17-6-2-4-8-19(17)25-14-26-24/h2-14H,1H3. The van der Waals surface area contributed by atoms with Gasteiger partial charge in [-0.15, -0.1) is 0 Å². The van der Waals surface area contributed by atoms with Gasteiger partial charge in [-0.3, -0.25) is 4.79 Å². The van der Waals surface area contributed by atoms with Crippen molar-refractivity contribution in [2.24, 2.45) is 0 Å². The molecule has 0 spiro atoms. The molecule has 5 rings (SSSR count). The van der Waals surface area contributed by atoms with E-state index in [0.29, 0.717) is 22.6 Å². The Bertz CT molecular complexity index is 1400. The van der Waals surface area contributed by atoms with Crippen LogP contribution in [-0.4, -0.2) is 9.97 Å². The van der Waals surface area contributed by atoms with E-state index in [1.54, 1.807) is 18.2 Å². The maximum atomic E-state index is 13.3. The van der Waals surface area contributed by atoms with Crippen molar-refractivity contribution in [3.05, 3.63) is 94.9 Å². The monoisotopic (exact) mass is 380 g/mol. The van der Waals surface area contributed by atoms with Crippen molar-refractivity contribution in [2.75, 3.05) is 0 Å². The molecule has 0 amide bonds. The van der Waals surface area contributed by atoms with Gasteiger partial charge < -0.3 is 9.15 Å². The van der Waals surface area contributed by atoms with Crippen molar-refractivity contribution in [2.45, 2.75) is 6.92 Å². The molecule has 5 heteroatoms. The van der Waals surface area contributed by atoms with Crippen LogP contribution in [-0.2, 0) is 0 Å². The Morgan fingerprint density at radius 1 is 0.828 bits per heavy atom. The summed E-state index contributed by atoms with van der Waals surface area (Å²) in [4.78, 5) is 21.8. The first kappa shape index (κ1) is 17.1. The third-order valence-electron chi connectivity index (χ3n) is 4.77. The van der Waals surface area contributed by atoms with Crippen molar-refractivity contribution in [3.63, 3.8) is 0 Å². The van der Waals surface area contributed by atoms with Gasteiger partial charge in [0.25, 0.3) is 0 Å². The lowest BCUT2D eigenvalue weighted by Gasteiger charge is -2.12. The van der Waals surface area contributed by atoms with E-state index in [2.05, 4.69) is 9.97 Å². The number of para-hydroxylation sites is 2. The van der Waals surface area contributed by atoms with E-state index in [4.69, 9.17) is 9.15 Å². The highest BCUT2D eigenvalue weighted by molar-refractivity contribution is 5.85. The number of benzene rings is 3. The second kappa shape index (κ2) is 6.87. The zero-order chi connectivity index (χ0) is 19.8. The SMILES string of the molecule is Cc1ccc(-c2oc3ccccc3c(=O)c2Oc2ncnc3ccccc23)cc1. The molecule has 0 radical (unpaired) electrons. The highest BCUT2D eigenvalue weighted by Crippen LogP contribution is 2.34. The number of fused-ring (bicyclic) bond motifs is 2. The van der Waals surface area contributed by atoms with Crippen LogP contribution in [0.3, 0.4) is 0 Å². The molecule has 3 aromatic carbocycles. The molecule has 0 aliphatic heterocycles. The van der Waals surface area contributed by atoms with Crippen LogP contribution < -0.4 is 10.2 Å². The van der Waals surface area contributed by atoms with Crippen LogP contribution in [0.1, 0.15) is 5.56 Å². The summed E-state index contributed by atoms with van der Waals surface area (Å²) in [5.74, 6) is 0.791. The Balaban J connectivity index is 1.77. The molecule has 5 aromatic rings. The number of hydrogen-bond donors (Lipinski definition) is 0. The number of rotatable bonds is 3. The van der Waals surface area contributed by atoms with Gasteiger partial charge in [0.2, 0.25) is 17.1 Å². The van der Waals surface area contributed by atoms with Gasteiger partial charge in [-0.2, -0.15) is 0 Å². The predicted octanol–water partition coefficient (Wildman–Crippen LogP) is 5.50. The number of hydrogen-bond acceptors (Lipinski definition) is 5. The second-order valence-corrected chi connectivity index (χ2v) is 6.75. The summed E-state index contributed by atoms with van der Waals surface area (Å²) in [5, 5.41) is 1.18. The number of aryl methyl sites for hydroxylation is 1. The topological polar surface area (TPSA) is 65.2 Å². The molecule has 0 unspecified atom stereocenters. The summed E-state index contributed by atoms with van der Waals surface area (Å²) < 4.78 is 12.2. The van der Waals surface area contributed by atoms with Crippen molar-refractivity contribution in [1.82, 2.24) is 9.97 Å². The summed E-state index contributed by atoms with van der Waals surface area (Å²) in [6.07, 6.45) is 1.42. The summed E-state index contributed by atoms with van der Waals surface area (Å²) in [5.41, 5.74) is 2.87. The van der Waals surface area contributed by atoms with Crippen LogP contribution in [0.2, 0.25) is 0 Å². The Kier molecular flexibility index (Phi) is 4.06. The van der Waals surface area contributed by atoms with Crippen LogP contribution in [0.25, 0.3) is 33.2 Å². The summed E-state index contributed by atoms with van der Waals surface area (Å²) in [7, 11) is 0. The van der Waals surface area contributed by atoms with E-state index in [-0.39, 0.29) is 11.2 Å². The smallest absolute Gasteiger partial charge is 0.235 e. The average Bonchev–Trinajstić information content (AvgIpc) is 2.76. The van der Waals surface area contributed by atoms with E-state index in [1.807, 2.05) is 61.5 Å². The van der Waals surface area contributed by atoms with Crippen LogP contribution in [0.4, 0.5) is 0 Å². The Labute approximate surface area is 166 Å². The van der Waals surface area contributed by atoms with Gasteiger partial charge >= 0.3 is 0 Å². The fourth-order valence-corrected chi connectivity index (χ4v) is 3.27. The third-order valence-corrected chi connectivity index (χ3v) is 4.77. The minimum atomic E-state index is -0.245. The van der Waals surface area contributed by atoms with Crippen molar-refractivity contribution in [1.29, 1.82) is 0 Å². The molecule has 0 N–H and O–H groups in total. The zero-order valence-electron chi connectivity index (χ0n) is 15.6. The number of ether oxygens (including phenoxy) is 1. The van der Waals surface area contributed by atoms with Crippen molar-refractivity contribution >= 4 is 21.9 Å². The Morgan fingerprint density at radius 2 is 1.55 bits per heavy atom. The number of aromatic nitrogens is 2. The molecule has 0 saturated heterocycles. The highest BCUT2D eigenvalue weighted by Gasteiger charge is 2.20. The Hall–Kier alpha value is -3.99. The van der Waals surface area contributed by atoms with Crippen molar-refractivity contribution in [3.8, 4) is 23.0 Å². The lowest BCUT2D eigenvalue weighted by Crippen LogP contribution is -2.08. The molecule has 0 aliphatic rings. The maximum Gasteiger partial charge on any atom is 0.235 e. The molecular formula is C24H16N2O3. The quantitative estimate of drug-likeness (QED) is 0.413. The minimum absolute atomic E-state index is 0.108. The van der Waals surface area contributed by atoms with Crippen LogP contribution in [0.15, 0.2) is 88.3 Å². The largest absolute Gasteiger partial charge is 0.452 e. The molecule has 0 atom stereocenters. The highest BCUT2D eigenvalue weighted by atomic mass is 16.5. The third kappa shape index (κ3) is 3.02.